The first kappa shape index (κ1) is 8.78. The minimum absolute atomic E-state index is 0.818. The highest BCUT2D eigenvalue weighted by molar-refractivity contribution is 8.68. The van der Waals surface area contributed by atoms with Gasteiger partial charge < -0.3 is 5.73 Å². The van der Waals surface area contributed by atoms with Crippen molar-refractivity contribution in [1.82, 2.24) is 0 Å². The molecule has 0 unspecified atom stereocenters. The lowest BCUT2D eigenvalue weighted by molar-refractivity contribution is 1.52. The van der Waals surface area contributed by atoms with Crippen molar-refractivity contribution in [1.29, 1.82) is 0 Å². The highest BCUT2D eigenvalue weighted by Crippen LogP contribution is 2.33. The third-order valence-electron chi connectivity index (χ3n) is 2.03. The second-order valence-corrected chi connectivity index (χ2v) is 3.96. The number of thiol groups is 1. The molecule has 0 amide bonds. The van der Waals surface area contributed by atoms with Gasteiger partial charge in [-0.25, -0.2) is 0 Å². The summed E-state index contributed by atoms with van der Waals surface area (Å²) in [5.74, 6) is 0. The number of fused-ring (bicyclic) bond motifs is 1. The molecule has 0 aliphatic rings. The molecule has 66 valence electrons. The van der Waals surface area contributed by atoms with Gasteiger partial charge in [-0.1, -0.05) is 41.1 Å². The monoisotopic (exact) mass is 207 g/mol. The minimum atomic E-state index is 0.818. The average Bonchev–Trinajstić information content (AvgIpc) is 2.19. The van der Waals surface area contributed by atoms with Crippen LogP contribution in [0.3, 0.4) is 0 Å². The fraction of sp³-hybridized carbons (Fsp3) is 0. The highest BCUT2D eigenvalue weighted by Gasteiger charge is 2.01. The number of benzene rings is 2. The zero-order valence-corrected chi connectivity index (χ0v) is 8.61. The zero-order chi connectivity index (χ0) is 9.26. The van der Waals surface area contributed by atoms with Gasteiger partial charge in [-0.15, -0.1) is 11.7 Å². The van der Waals surface area contributed by atoms with Crippen LogP contribution in [0.4, 0.5) is 5.69 Å². The fourth-order valence-corrected chi connectivity index (χ4v) is 2.17. The lowest BCUT2D eigenvalue weighted by atomic mass is 10.1. The molecule has 13 heavy (non-hydrogen) atoms. The Hall–Kier alpha value is -0.800. The Balaban J connectivity index is 2.79. The molecule has 0 heterocycles. The topological polar surface area (TPSA) is 26.0 Å². The lowest BCUT2D eigenvalue weighted by Crippen LogP contribution is -1.88. The van der Waals surface area contributed by atoms with Crippen LogP contribution in [0.15, 0.2) is 41.3 Å². The summed E-state index contributed by atoms with van der Waals surface area (Å²) >= 11 is 4.14. The van der Waals surface area contributed by atoms with Crippen LogP contribution in [0.2, 0.25) is 0 Å². The second-order valence-electron chi connectivity index (χ2n) is 2.79. The van der Waals surface area contributed by atoms with Crippen molar-refractivity contribution in [2.24, 2.45) is 0 Å². The van der Waals surface area contributed by atoms with E-state index < -0.39 is 0 Å². The van der Waals surface area contributed by atoms with Gasteiger partial charge in [-0.05, 0) is 11.5 Å². The predicted molar refractivity (Wildman–Crippen MR) is 63.2 cm³/mol. The van der Waals surface area contributed by atoms with Crippen LogP contribution in [-0.4, -0.2) is 0 Å². The minimum Gasteiger partial charge on any atom is -0.397 e. The number of hydrogen-bond donors (Lipinski definition) is 2. The SMILES string of the molecule is Nc1c(SS)ccc2ccccc12. The number of hydrogen-bond acceptors (Lipinski definition) is 3. The quantitative estimate of drug-likeness (QED) is 0.426. The molecule has 2 aromatic rings. The molecule has 0 spiro atoms. The molecule has 0 radical (unpaired) electrons. The van der Waals surface area contributed by atoms with E-state index in [9.17, 15) is 0 Å². The van der Waals surface area contributed by atoms with Gasteiger partial charge >= 0.3 is 0 Å². The van der Waals surface area contributed by atoms with Crippen molar-refractivity contribution < 1.29 is 0 Å². The van der Waals surface area contributed by atoms with Gasteiger partial charge in [0.2, 0.25) is 0 Å². The Morgan fingerprint density at radius 2 is 1.85 bits per heavy atom. The summed E-state index contributed by atoms with van der Waals surface area (Å²) in [5, 5.41) is 2.27. The van der Waals surface area contributed by atoms with E-state index in [0.29, 0.717) is 0 Å². The van der Waals surface area contributed by atoms with Crippen molar-refractivity contribution >= 4 is 38.9 Å². The van der Waals surface area contributed by atoms with Crippen molar-refractivity contribution in [2.75, 3.05) is 5.73 Å². The highest BCUT2D eigenvalue weighted by atomic mass is 33.1. The molecule has 0 bridgehead atoms. The summed E-state index contributed by atoms with van der Waals surface area (Å²) in [6, 6.07) is 12.1. The predicted octanol–water partition coefficient (Wildman–Crippen LogP) is 3.36. The van der Waals surface area contributed by atoms with Crippen LogP contribution >= 0.6 is 22.5 Å². The van der Waals surface area contributed by atoms with Crippen molar-refractivity contribution in [3.8, 4) is 0 Å². The molecule has 0 atom stereocenters. The van der Waals surface area contributed by atoms with Gasteiger partial charge in [-0.3, -0.25) is 0 Å². The van der Waals surface area contributed by atoms with E-state index in [0.717, 1.165) is 16.0 Å². The smallest absolute Gasteiger partial charge is 0.0540 e. The first-order chi connectivity index (χ1) is 6.33. The number of nitrogen functional groups attached to an aromatic ring is 1. The number of rotatable bonds is 1. The lowest BCUT2D eigenvalue weighted by Gasteiger charge is -2.05. The van der Waals surface area contributed by atoms with Gasteiger partial charge in [0.25, 0.3) is 0 Å². The van der Waals surface area contributed by atoms with E-state index in [1.54, 1.807) is 0 Å². The molecule has 0 saturated carbocycles. The van der Waals surface area contributed by atoms with Gasteiger partial charge in [0, 0.05) is 10.3 Å². The van der Waals surface area contributed by atoms with Crippen LogP contribution in [0.1, 0.15) is 0 Å². The molecule has 0 aromatic heterocycles. The van der Waals surface area contributed by atoms with Gasteiger partial charge in [0.1, 0.15) is 0 Å². The first-order valence-electron chi connectivity index (χ1n) is 3.91. The van der Waals surface area contributed by atoms with Crippen LogP contribution in [-0.2, 0) is 0 Å². The molecule has 0 saturated heterocycles. The fourth-order valence-electron chi connectivity index (χ4n) is 1.36. The van der Waals surface area contributed by atoms with Crippen molar-refractivity contribution in [3.63, 3.8) is 0 Å². The number of nitrogens with two attached hydrogens (primary N) is 1. The number of anilines is 1. The van der Waals surface area contributed by atoms with E-state index in [1.807, 2.05) is 24.3 Å². The molecule has 0 aliphatic heterocycles. The standard InChI is InChI=1S/C10H9NS2/c11-10-8-4-2-1-3-7(8)5-6-9(10)13-12/h1-6,12H,11H2. The van der Waals surface area contributed by atoms with Crippen LogP contribution in [0.5, 0.6) is 0 Å². The van der Waals surface area contributed by atoms with E-state index in [-0.39, 0.29) is 0 Å². The van der Waals surface area contributed by atoms with Gasteiger partial charge in [0.05, 0.1) is 5.69 Å². The summed E-state index contributed by atoms with van der Waals surface area (Å²) < 4.78 is 0. The third-order valence-corrected chi connectivity index (χ3v) is 3.17. The van der Waals surface area contributed by atoms with Gasteiger partial charge in [0.15, 0.2) is 0 Å². The maximum Gasteiger partial charge on any atom is 0.0540 e. The summed E-state index contributed by atoms with van der Waals surface area (Å²) in [5.41, 5.74) is 6.78. The molecular weight excluding hydrogens is 198 g/mol. The van der Waals surface area contributed by atoms with E-state index in [4.69, 9.17) is 5.73 Å². The molecule has 2 rings (SSSR count). The summed E-state index contributed by atoms with van der Waals surface area (Å²) in [6.45, 7) is 0. The van der Waals surface area contributed by atoms with Gasteiger partial charge in [-0.2, -0.15) is 0 Å². The van der Waals surface area contributed by atoms with Crippen LogP contribution < -0.4 is 5.73 Å². The summed E-state index contributed by atoms with van der Waals surface area (Å²) in [7, 11) is 1.38. The summed E-state index contributed by atoms with van der Waals surface area (Å²) in [6.07, 6.45) is 0. The molecule has 2 aromatic carbocycles. The van der Waals surface area contributed by atoms with E-state index >= 15 is 0 Å². The normalized spacial score (nSPS) is 10.5. The van der Waals surface area contributed by atoms with E-state index in [2.05, 4.69) is 23.8 Å². The maximum atomic E-state index is 5.96. The van der Waals surface area contributed by atoms with E-state index in [1.165, 1.54) is 16.2 Å². The molecule has 3 heteroatoms. The van der Waals surface area contributed by atoms with Crippen LogP contribution in [0, 0.1) is 0 Å². The molecule has 1 nitrogen and oxygen atoms in total. The molecule has 0 fully saturated rings. The first-order valence-corrected chi connectivity index (χ1v) is 5.78. The largest absolute Gasteiger partial charge is 0.397 e. The van der Waals surface area contributed by atoms with Crippen LogP contribution in [0.25, 0.3) is 10.8 Å². The Bertz CT molecular complexity index is 440. The maximum absolute atomic E-state index is 5.96. The Morgan fingerprint density at radius 3 is 2.62 bits per heavy atom. The molecular formula is C10H9NS2. The third kappa shape index (κ3) is 1.49. The van der Waals surface area contributed by atoms with Crippen molar-refractivity contribution in [3.05, 3.63) is 36.4 Å². The zero-order valence-electron chi connectivity index (χ0n) is 6.90. The van der Waals surface area contributed by atoms with Crippen molar-refractivity contribution in [2.45, 2.75) is 4.90 Å². The molecule has 2 N–H and O–H groups in total. The average molecular weight is 207 g/mol. The molecule has 0 aliphatic carbocycles. The Kier molecular flexibility index (Phi) is 2.38. The summed E-state index contributed by atoms with van der Waals surface area (Å²) in [4.78, 5) is 1.02. The second kappa shape index (κ2) is 3.52. The Labute approximate surface area is 86.1 Å². The Morgan fingerprint density at radius 1 is 1.08 bits per heavy atom.